The number of aliphatic imine (C=N–C) groups is 1. The van der Waals surface area contributed by atoms with Gasteiger partial charge in [0.05, 0.1) is 11.1 Å². The SMILES string of the molecule is C/C=C(F)\C(=N\NC)C(C)N=C(SC)C1CCN(C(=O)OC(C)(C)C)CC1. The van der Waals surface area contributed by atoms with Crippen molar-refractivity contribution in [3.8, 4) is 0 Å². The molecule has 1 unspecified atom stereocenters. The highest BCUT2D eigenvalue weighted by Crippen LogP contribution is 2.25. The van der Waals surface area contributed by atoms with Gasteiger partial charge in [-0.2, -0.15) is 5.10 Å². The van der Waals surface area contributed by atoms with E-state index >= 15 is 0 Å². The molecule has 1 fully saturated rings. The average molecular weight is 401 g/mol. The molecule has 1 heterocycles. The third-order valence-electron chi connectivity index (χ3n) is 4.15. The summed E-state index contributed by atoms with van der Waals surface area (Å²) in [6.07, 6.45) is 4.73. The van der Waals surface area contributed by atoms with Gasteiger partial charge in [-0.05, 0) is 59.8 Å². The first-order valence-corrected chi connectivity index (χ1v) is 10.5. The number of thioether (sulfide) groups is 1. The molecule has 0 aromatic heterocycles. The number of hydrogen-bond acceptors (Lipinski definition) is 6. The van der Waals surface area contributed by atoms with Gasteiger partial charge in [0.2, 0.25) is 0 Å². The van der Waals surface area contributed by atoms with Gasteiger partial charge < -0.3 is 15.1 Å². The second kappa shape index (κ2) is 10.7. The Morgan fingerprint density at radius 1 is 1.37 bits per heavy atom. The van der Waals surface area contributed by atoms with Gasteiger partial charge in [-0.1, -0.05) is 0 Å². The lowest BCUT2D eigenvalue weighted by molar-refractivity contribution is 0.0202. The minimum absolute atomic E-state index is 0.255. The van der Waals surface area contributed by atoms with E-state index < -0.39 is 5.60 Å². The number of likely N-dealkylation sites (tertiary alicyclic amines) is 1. The predicted molar refractivity (Wildman–Crippen MR) is 112 cm³/mol. The molecule has 0 bridgehead atoms. The fraction of sp³-hybridized carbons (Fsp3) is 0.737. The lowest BCUT2D eigenvalue weighted by atomic mass is 9.98. The lowest BCUT2D eigenvalue weighted by Crippen LogP contribution is -2.42. The molecule has 8 heteroatoms. The number of hydrazone groups is 1. The average Bonchev–Trinajstić information content (AvgIpc) is 2.62. The van der Waals surface area contributed by atoms with Crippen LogP contribution in [0, 0.1) is 5.92 Å². The van der Waals surface area contributed by atoms with Crippen molar-refractivity contribution in [2.75, 3.05) is 26.4 Å². The van der Waals surface area contributed by atoms with Crippen molar-refractivity contribution in [1.82, 2.24) is 10.3 Å². The molecule has 1 aliphatic heterocycles. The molecule has 0 aliphatic carbocycles. The number of halogens is 1. The van der Waals surface area contributed by atoms with E-state index in [1.54, 1.807) is 30.6 Å². The third-order valence-corrected chi connectivity index (χ3v) is 5.01. The van der Waals surface area contributed by atoms with Gasteiger partial charge in [0.1, 0.15) is 17.1 Å². The molecule has 0 radical (unpaired) electrons. The van der Waals surface area contributed by atoms with E-state index in [2.05, 4.69) is 10.5 Å². The highest BCUT2D eigenvalue weighted by molar-refractivity contribution is 8.13. The minimum Gasteiger partial charge on any atom is -0.444 e. The fourth-order valence-electron chi connectivity index (χ4n) is 2.83. The van der Waals surface area contributed by atoms with E-state index in [4.69, 9.17) is 9.73 Å². The molecule has 0 aromatic rings. The fourth-order valence-corrected chi connectivity index (χ4v) is 3.66. The van der Waals surface area contributed by atoms with Gasteiger partial charge in [-0.3, -0.25) is 4.99 Å². The van der Waals surface area contributed by atoms with E-state index in [0.717, 1.165) is 17.9 Å². The standard InChI is InChI=1S/C19H33FN4O2S/c1-8-15(20)16(23-21-6)13(2)22-17(27-7)14-9-11-24(12-10-14)18(25)26-19(3,4)5/h8,13-14,21H,9-12H2,1-7H3/b15-8+,22-17?,23-16+. The maximum atomic E-state index is 14.1. The first-order chi connectivity index (χ1) is 12.6. The zero-order valence-corrected chi connectivity index (χ0v) is 18.3. The van der Waals surface area contributed by atoms with Crippen LogP contribution in [0.5, 0.6) is 0 Å². The molecule has 0 saturated carbocycles. The Hall–Kier alpha value is -1.57. The van der Waals surface area contributed by atoms with Crippen LogP contribution in [0.15, 0.2) is 22.0 Å². The topological polar surface area (TPSA) is 66.3 Å². The highest BCUT2D eigenvalue weighted by Gasteiger charge is 2.29. The first kappa shape index (κ1) is 23.5. The van der Waals surface area contributed by atoms with Crippen LogP contribution in [-0.4, -0.2) is 59.8 Å². The predicted octanol–water partition coefficient (Wildman–Crippen LogP) is 4.23. The number of piperidine rings is 1. The van der Waals surface area contributed by atoms with Gasteiger partial charge in [0, 0.05) is 26.1 Å². The number of carbonyl (C=O) groups excluding carboxylic acids is 1. The van der Waals surface area contributed by atoms with E-state index in [-0.39, 0.29) is 29.6 Å². The highest BCUT2D eigenvalue weighted by atomic mass is 32.2. The number of amides is 1. The normalized spacial score (nSPS) is 19.1. The minimum atomic E-state index is -0.491. The second-order valence-electron chi connectivity index (χ2n) is 7.45. The zero-order chi connectivity index (χ0) is 20.6. The molecule has 1 rings (SSSR count). The van der Waals surface area contributed by atoms with Crippen LogP contribution in [0.2, 0.25) is 0 Å². The summed E-state index contributed by atoms with van der Waals surface area (Å²) in [5.41, 5.74) is 2.44. The number of nitrogens with one attached hydrogen (secondary N) is 1. The van der Waals surface area contributed by atoms with Gasteiger partial charge in [-0.25, -0.2) is 9.18 Å². The number of ether oxygens (including phenoxy) is 1. The summed E-state index contributed by atoms with van der Waals surface area (Å²) in [5, 5.41) is 5.01. The summed E-state index contributed by atoms with van der Waals surface area (Å²) < 4.78 is 19.5. The van der Waals surface area contributed by atoms with Crippen molar-refractivity contribution in [3.63, 3.8) is 0 Å². The smallest absolute Gasteiger partial charge is 0.410 e. The zero-order valence-electron chi connectivity index (χ0n) is 17.5. The molecule has 6 nitrogen and oxygen atoms in total. The molecule has 1 N–H and O–H groups in total. The Morgan fingerprint density at radius 2 is 1.96 bits per heavy atom. The van der Waals surface area contributed by atoms with Gasteiger partial charge >= 0.3 is 6.09 Å². The number of allylic oxidation sites excluding steroid dienone is 1. The molecular weight excluding hydrogens is 367 g/mol. The van der Waals surface area contributed by atoms with Crippen molar-refractivity contribution in [2.45, 2.75) is 59.1 Å². The van der Waals surface area contributed by atoms with Gasteiger partial charge in [-0.15, -0.1) is 11.8 Å². The van der Waals surface area contributed by atoms with Crippen molar-refractivity contribution in [1.29, 1.82) is 0 Å². The maximum Gasteiger partial charge on any atom is 0.410 e. The van der Waals surface area contributed by atoms with Crippen molar-refractivity contribution in [3.05, 3.63) is 11.9 Å². The van der Waals surface area contributed by atoms with Crippen LogP contribution >= 0.6 is 11.8 Å². The number of nitrogens with zero attached hydrogens (tertiary/aromatic N) is 3. The monoisotopic (exact) mass is 400 g/mol. The maximum absolute atomic E-state index is 14.1. The number of carbonyl (C=O) groups is 1. The van der Waals surface area contributed by atoms with Crippen molar-refractivity contribution < 1.29 is 13.9 Å². The van der Waals surface area contributed by atoms with Crippen LogP contribution < -0.4 is 5.43 Å². The molecule has 1 saturated heterocycles. The number of hydrogen-bond donors (Lipinski definition) is 1. The summed E-state index contributed by atoms with van der Waals surface area (Å²) >= 11 is 1.58. The van der Waals surface area contributed by atoms with Gasteiger partial charge in [0.15, 0.2) is 0 Å². The molecule has 27 heavy (non-hydrogen) atoms. The van der Waals surface area contributed by atoms with E-state index in [9.17, 15) is 9.18 Å². The third kappa shape index (κ3) is 7.52. The molecule has 1 aliphatic rings. The lowest BCUT2D eigenvalue weighted by Gasteiger charge is -2.33. The summed E-state index contributed by atoms with van der Waals surface area (Å²) in [5.74, 6) is -0.119. The Balaban J connectivity index is 2.79. The van der Waals surface area contributed by atoms with Crippen LogP contribution in [0.25, 0.3) is 0 Å². The summed E-state index contributed by atoms with van der Waals surface area (Å²) in [6.45, 7) is 10.3. The molecular formula is C19H33FN4O2S. The van der Waals surface area contributed by atoms with Crippen LogP contribution in [-0.2, 0) is 4.74 Å². The quantitative estimate of drug-likeness (QED) is 0.426. The van der Waals surface area contributed by atoms with Crippen molar-refractivity contribution >= 4 is 28.6 Å². The molecule has 0 spiro atoms. The number of rotatable bonds is 5. The second-order valence-corrected chi connectivity index (χ2v) is 8.27. The Morgan fingerprint density at radius 3 is 2.41 bits per heavy atom. The molecule has 1 amide bonds. The Bertz CT molecular complexity index is 591. The van der Waals surface area contributed by atoms with Crippen LogP contribution in [0.1, 0.15) is 47.5 Å². The summed E-state index contributed by atoms with van der Waals surface area (Å²) in [6, 6.07) is -0.389. The van der Waals surface area contributed by atoms with Crippen molar-refractivity contribution in [2.24, 2.45) is 16.0 Å². The largest absolute Gasteiger partial charge is 0.444 e. The van der Waals surface area contributed by atoms with E-state index in [0.29, 0.717) is 13.1 Å². The molecule has 154 valence electrons. The van der Waals surface area contributed by atoms with E-state index in [1.807, 2.05) is 34.0 Å². The van der Waals surface area contributed by atoms with Crippen LogP contribution in [0.3, 0.4) is 0 Å². The van der Waals surface area contributed by atoms with Crippen LogP contribution in [0.4, 0.5) is 9.18 Å². The Labute approximate surface area is 166 Å². The van der Waals surface area contributed by atoms with Gasteiger partial charge in [0.25, 0.3) is 0 Å². The molecule has 1 atom stereocenters. The molecule has 0 aromatic carbocycles. The Kier molecular flexibility index (Phi) is 9.29. The summed E-state index contributed by atoms with van der Waals surface area (Å²) in [4.78, 5) is 18.7. The summed E-state index contributed by atoms with van der Waals surface area (Å²) in [7, 11) is 1.64. The van der Waals surface area contributed by atoms with E-state index in [1.165, 1.54) is 6.08 Å². The first-order valence-electron chi connectivity index (χ1n) is 9.29.